The van der Waals surface area contributed by atoms with Crippen LogP contribution in [0.2, 0.25) is 5.02 Å². The van der Waals surface area contributed by atoms with E-state index in [9.17, 15) is 0 Å². The molecule has 0 radical (unpaired) electrons. The number of rotatable bonds is 3. The summed E-state index contributed by atoms with van der Waals surface area (Å²) < 4.78 is 5.13. The number of alkyl halides is 1. The summed E-state index contributed by atoms with van der Waals surface area (Å²) in [6, 6.07) is 9.57. The Bertz CT molecular complexity index is 531. The molecule has 0 saturated heterocycles. The zero-order chi connectivity index (χ0) is 12.3. The molecule has 2 aromatic rings. The number of methoxy groups -OCH3 is 1. The van der Waals surface area contributed by atoms with Crippen molar-refractivity contribution >= 4 is 27.5 Å². The van der Waals surface area contributed by atoms with E-state index in [0.29, 0.717) is 10.4 Å². The molecular formula is C13H11BrClNO. The smallest absolute Gasteiger partial charge is 0.120 e. The van der Waals surface area contributed by atoms with Crippen LogP contribution in [0, 0.1) is 0 Å². The molecule has 4 heteroatoms. The molecule has 88 valence electrons. The topological polar surface area (TPSA) is 22.1 Å². The summed E-state index contributed by atoms with van der Waals surface area (Å²) in [5.74, 6) is 0.753. The predicted octanol–water partition coefficient (Wildman–Crippen LogP) is 4.31. The molecule has 0 spiro atoms. The highest BCUT2D eigenvalue weighted by atomic mass is 79.9. The second-order valence-corrected chi connectivity index (χ2v) is 4.44. The van der Waals surface area contributed by atoms with Crippen molar-refractivity contribution in [2.75, 3.05) is 7.11 Å². The van der Waals surface area contributed by atoms with Crippen molar-refractivity contribution in [3.8, 4) is 16.9 Å². The molecule has 0 aliphatic rings. The Hall–Kier alpha value is -1.06. The van der Waals surface area contributed by atoms with Crippen LogP contribution in [0.25, 0.3) is 11.1 Å². The molecule has 0 bridgehead atoms. The fraction of sp³-hybridized carbons (Fsp3) is 0.154. The maximum atomic E-state index is 6.25. The quantitative estimate of drug-likeness (QED) is 0.788. The van der Waals surface area contributed by atoms with Gasteiger partial charge in [0.15, 0.2) is 0 Å². The lowest BCUT2D eigenvalue weighted by Gasteiger charge is -2.09. The number of halogens is 2. The molecule has 17 heavy (non-hydrogen) atoms. The van der Waals surface area contributed by atoms with Gasteiger partial charge in [-0.15, -0.1) is 0 Å². The molecule has 2 rings (SSSR count). The largest absolute Gasteiger partial charge is 0.497 e. The van der Waals surface area contributed by atoms with Gasteiger partial charge in [-0.3, -0.25) is 4.98 Å². The molecule has 0 atom stereocenters. The van der Waals surface area contributed by atoms with Crippen molar-refractivity contribution in [3.63, 3.8) is 0 Å². The summed E-state index contributed by atoms with van der Waals surface area (Å²) in [7, 11) is 1.62. The number of hydrogen-bond donors (Lipinski definition) is 0. The van der Waals surface area contributed by atoms with Crippen molar-refractivity contribution in [1.82, 2.24) is 4.98 Å². The van der Waals surface area contributed by atoms with E-state index in [1.807, 2.05) is 30.3 Å². The van der Waals surface area contributed by atoms with Crippen LogP contribution >= 0.6 is 27.5 Å². The van der Waals surface area contributed by atoms with Crippen LogP contribution in [-0.4, -0.2) is 12.1 Å². The van der Waals surface area contributed by atoms with Gasteiger partial charge >= 0.3 is 0 Å². The van der Waals surface area contributed by atoms with Gasteiger partial charge < -0.3 is 4.74 Å². The molecule has 0 aliphatic heterocycles. The van der Waals surface area contributed by atoms with E-state index in [0.717, 1.165) is 22.6 Å². The minimum atomic E-state index is 0.666. The minimum Gasteiger partial charge on any atom is -0.497 e. The average molecular weight is 313 g/mol. The van der Waals surface area contributed by atoms with E-state index in [1.54, 1.807) is 13.3 Å². The molecule has 0 amide bonds. The molecule has 2 nitrogen and oxygen atoms in total. The molecular weight excluding hydrogens is 302 g/mol. The van der Waals surface area contributed by atoms with Crippen LogP contribution < -0.4 is 4.74 Å². The second-order valence-electron chi connectivity index (χ2n) is 3.48. The molecule has 0 fully saturated rings. The summed E-state index contributed by atoms with van der Waals surface area (Å²) >= 11 is 9.68. The molecule has 1 aromatic heterocycles. The lowest BCUT2D eigenvalue weighted by Crippen LogP contribution is -1.91. The van der Waals surface area contributed by atoms with Crippen LogP contribution in [0.1, 0.15) is 5.69 Å². The summed E-state index contributed by atoms with van der Waals surface area (Å²) in [6.07, 6.45) is 1.78. The Morgan fingerprint density at radius 1 is 1.29 bits per heavy atom. The summed E-state index contributed by atoms with van der Waals surface area (Å²) in [4.78, 5) is 4.32. The normalized spacial score (nSPS) is 10.3. The third-order valence-electron chi connectivity index (χ3n) is 2.48. The van der Waals surface area contributed by atoms with Crippen molar-refractivity contribution < 1.29 is 4.74 Å². The van der Waals surface area contributed by atoms with Crippen molar-refractivity contribution in [2.24, 2.45) is 0 Å². The second kappa shape index (κ2) is 5.52. The Kier molecular flexibility index (Phi) is 4.02. The molecule has 0 saturated carbocycles. The first kappa shape index (κ1) is 12.4. The third kappa shape index (κ3) is 2.61. The number of aromatic nitrogens is 1. The van der Waals surface area contributed by atoms with Gasteiger partial charge in [-0.1, -0.05) is 33.6 Å². The van der Waals surface area contributed by atoms with Crippen molar-refractivity contribution in [3.05, 3.63) is 47.2 Å². The Morgan fingerprint density at radius 3 is 2.76 bits per heavy atom. The predicted molar refractivity (Wildman–Crippen MR) is 73.9 cm³/mol. The molecule has 1 aromatic carbocycles. The summed E-state index contributed by atoms with van der Waals surface area (Å²) in [5, 5.41) is 1.37. The maximum absolute atomic E-state index is 6.25. The van der Waals surface area contributed by atoms with Gasteiger partial charge in [0.2, 0.25) is 0 Å². The van der Waals surface area contributed by atoms with Gasteiger partial charge in [0.25, 0.3) is 0 Å². The Morgan fingerprint density at radius 2 is 2.12 bits per heavy atom. The summed E-state index contributed by atoms with van der Waals surface area (Å²) in [6.45, 7) is 0. The first-order valence-electron chi connectivity index (χ1n) is 5.10. The van der Waals surface area contributed by atoms with Crippen LogP contribution in [0.4, 0.5) is 0 Å². The number of hydrogen-bond acceptors (Lipinski definition) is 2. The fourth-order valence-electron chi connectivity index (χ4n) is 1.63. The number of pyridine rings is 1. The van der Waals surface area contributed by atoms with Crippen molar-refractivity contribution in [2.45, 2.75) is 5.33 Å². The van der Waals surface area contributed by atoms with E-state index in [2.05, 4.69) is 20.9 Å². The lowest BCUT2D eigenvalue weighted by atomic mass is 10.0. The fourth-order valence-corrected chi connectivity index (χ4v) is 2.35. The van der Waals surface area contributed by atoms with Gasteiger partial charge in [-0.25, -0.2) is 0 Å². The first-order valence-corrected chi connectivity index (χ1v) is 6.60. The molecule has 0 unspecified atom stereocenters. The van der Waals surface area contributed by atoms with Gasteiger partial charge in [-0.2, -0.15) is 0 Å². The van der Waals surface area contributed by atoms with Crippen LogP contribution in [0.3, 0.4) is 0 Å². The van der Waals surface area contributed by atoms with Gasteiger partial charge in [0.1, 0.15) is 5.75 Å². The highest BCUT2D eigenvalue weighted by Crippen LogP contribution is 2.33. The van der Waals surface area contributed by atoms with E-state index in [4.69, 9.17) is 16.3 Å². The van der Waals surface area contributed by atoms with Crippen molar-refractivity contribution in [1.29, 1.82) is 0 Å². The Labute approximate surface area is 114 Å². The molecule has 0 N–H and O–H groups in total. The SMILES string of the molecule is COc1ccc(-c2cccnc2CBr)c(Cl)c1. The zero-order valence-corrected chi connectivity index (χ0v) is 11.6. The summed E-state index contributed by atoms with van der Waals surface area (Å²) in [5.41, 5.74) is 2.98. The van der Waals surface area contributed by atoms with Crippen LogP contribution in [0.5, 0.6) is 5.75 Å². The minimum absolute atomic E-state index is 0.666. The molecule has 0 aliphatic carbocycles. The van der Waals surface area contributed by atoms with Gasteiger partial charge in [0.05, 0.1) is 17.8 Å². The monoisotopic (exact) mass is 311 g/mol. The number of nitrogens with zero attached hydrogens (tertiary/aromatic N) is 1. The standard InChI is InChI=1S/C13H11BrClNO/c1-17-9-4-5-10(12(15)7-9)11-3-2-6-16-13(11)8-14/h2-7H,8H2,1H3. The highest BCUT2D eigenvalue weighted by molar-refractivity contribution is 9.08. The number of ether oxygens (including phenoxy) is 1. The van der Waals surface area contributed by atoms with Crippen LogP contribution in [0.15, 0.2) is 36.5 Å². The molecule has 1 heterocycles. The lowest BCUT2D eigenvalue weighted by molar-refractivity contribution is 0.415. The average Bonchev–Trinajstić information content (AvgIpc) is 2.38. The third-order valence-corrected chi connectivity index (χ3v) is 3.33. The number of benzene rings is 1. The highest BCUT2D eigenvalue weighted by Gasteiger charge is 2.09. The van der Waals surface area contributed by atoms with E-state index in [-0.39, 0.29) is 0 Å². The van der Waals surface area contributed by atoms with Gasteiger partial charge in [0, 0.05) is 22.7 Å². The maximum Gasteiger partial charge on any atom is 0.120 e. The Balaban J connectivity index is 2.53. The van der Waals surface area contributed by atoms with Crippen LogP contribution in [-0.2, 0) is 5.33 Å². The first-order chi connectivity index (χ1) is 8.26. The zero-order valence-electron chi connectivity index (χ0n) is 9.28. The van der Waals surface area contributed by atoms with E-state index in [1.165, 1.54) is 0 Å². The van der Waals surface area contributed by atoms with E-state index >= 15 is 0 Å². The van der Waals surface area contributed by atoms with E-state index < -0.39 is 0 Å². The van der Waals surface area contributed by atoms with Gasteiger partial charge in [-0.05, 0) is 24.3 Å².